The summed E-state index contributed by atoms with van der Waals surface area (Å²) in [7, 11) is 1.62. The highest BCUT2D eigenvalue weighted by atomic mass is 16.6. The molecule has 0 bridgehead atoms. The predicted molar refractivity (Wildman–Crippen MR) is 260 cm³/mol. The van der Waals surface area contributed by atoms with Crippen molar-refractivity contribution in [2.24, 2.45) is 0 Å². The number of fused-ring (bicyclic) bond motifs is 1. The van der Waals surface area contributed by atoms with Crippen molar-refractivity contribution in [1.29, 1.82) is 0 Å². The monoisotopic (exact) mass is 853 g/mol. The van der Waals surface area contributed by atoms with Gasteiger partial charge in [0, 0.05) is 30.4 Å². The third-order valence-corrected chi connectivity index (χ3v) is 10.9. The van der Waals surface area contributed by atoms with Crippen molar-refractivity contribution in [3.8, 4) is 11.5 Å². The molecule has 342 valence electrons. The van der Waals surface area contributed by atoms with Crippen molar-refractivity contribution in [2.45, 2.75) is 153 Å². The second kappa shape index (κ2) is 31.5. The lowest BCUT2D eigenvalue weighted by molar-refractivity contribution is -0.140. The van der Waals surface area contributed by atoms with E-state index in [0.717, 1.165) is 81.8 Å². The van der Waals surface area contributed by atoms with Gasteiger partial charge in [-0.2, -0.15) is 0 Å². The van der Waals surface area contributed by atoms with Crippen LogP contribution in [0.15, 0.2) is 106 Å². The first-order valence-corrected chi connectivity index (χ1v) is 22.9. The van der Waals surface area contributed by atoms with Crippen LogP contribution in [0.4, 0.5) is 0 Å². The van der Waals surface area contributed by atoms with Crippen LogP contribution >= 0.6 is 0 Å². The van der Waals surface area contributed by atoms with Crippen LogP contribution in [0.1, 0.15) is 150 Å². The van der Waals surface area contributed by atoms with Gasteiger partial charge in [0.2, 0.25) is 0 Å². The Morgan fingerprint density at radius 3 is 1.34 bits per heavy atom. The van der Waals surface area contributed by atoms with Crippen molar-refractivity contribution >= 4 is 22.7 Å². The maximum absolute atomic E-state index is 13.0. The van der Waals surface area contributed by atoms with Crippen LogP contribution in [0.3, 0.4) is 0 Å². The first-order valence-electron chi connectivity index (χ1n) is 22.9. The second-order valence-electron chi connectivity index (χ2n) is 17.1. The van der Waals surface area contributed by atoms with E-state index in [4.69, 9.17) is 23.7 Å². The van der Waals surface area contributed by atoms with Gasteiger partial charge >= 0.3 is 11.9 Å². The molecular formula is C55H80O7. The fourth-order valence-electron chi connectivity index (χ4n) is 7.06. The summed E-state index contributed by atoms with van der Waals surface area (Å²) in [6.07, 6.45) is 30.1. The number of hydrogen-bond donors (Lipinski definition) is 0. The van der Waals surface area contributed by atoms with E-state index in [0.29, 0.717) is 48.5 Å². The Morgan fingerprint density at radius 1 is 0.500 bits per heavy atom. The Hall–Kier alpha value is -4.30. The molecule has 0 radical (unpaired) electrons. The zero-order chi connectivity index (χ0) is 45.7. The maximum Gasteiger partial charge on any atom is 0.337 e. The summed E-state index contributed by atoms with van der Waals surface area (Å²) in [6.45, 7) is 22.4. The normalized spacial score (nSPS) is 13.2. The molecule has 7 heteroatoms. The van der Waals surface area contributed by atoms with Crippen molar-refractivity contribution in [3.63, 3.8) is 0 Å². The highest BCUT2D eigenvalue weighted by Crippen LogP contribution is 2.41. The third-order valence-electron chi connectivity index (χ3n) is 10.9. The third kappa shape index (κ3) is 23.2. The van der Waals surface area contributed by atoms with Crippen LogP contribution in [0.5, 0.6) is 11.5 Å². The number of esters is 2. The molecule has 0 N–H and O–H groups in total. The fourth-order valence-corrected chi connectivity index (χ4v) is 7.06. The van der Waals surface area contributed by atoms with Crippen LogP contribution in [-0.4, -0.2) is 52.1 Å². The minimum absolute atomic E-state index is 0.214. The zero-order valence-corrected chi connectivity index (χ0v) is 40.4. The summed E-state index contributed by atoms with van der Waals surface area (Å²) in [6, 6.07) is 7.52. The molecule has 0 aliphatic carbocycles. The summed E-state index contributed by atoms with van der Waals surface area (Å²) in [5.74, 6) is 0.0315. The molecule has 0 aliphatic rings. The second-order valence-corrected chi connectivity index (χ2v) is 17.1. The Kier molecular flexibility index (Phi) is 27.4. The van der Waals surface area contributed by atoms with Gasteiger partial charge in [-0.15, -0.1) is 0 Å². The van der Waals surface area contributed by atoms with Gasteiger partial charge in [-0.05, 0) is 151 Å². The molecule has 0 heterocycles. The Morgan fingerprint density at radius 2 is 0.903 bits per heavy atom. The van der Waals surface area contributed by atoms with Gasteiger partial charge in [0.25, 0.3) is 0 Å². The highest BCUT2D eigenvalue weighted by Gasteiger charge is 2.22. The Balaban J connectivity index is 1.89. The topological polar surface area (TPSA) is 80.3 Å². The minimum Gasteiger partial charge on any atom is -0.426 e. The largest absolute Gasteiger partial charge is 0.426 e. The minimum atomic E-state index is -0.508. The number of rotatable bonds is 30. The predicted octanol–water partition coefficient (Wildman–Crippen LogP) is 14.5. The standard InChI is InChI=1S/C55H80O7/c1-41(2)20-14-21-42(3)22-15-23-43(4)24-16-25-44(5)26-17-27-45(6)28-18-29-46(7)30-19-31-47(8)34-35-50-48(9)54(61-49(10)56)51-32-12-13-33-52(51)55(50)62-53(57)40-60-39-38-59-37-36-58-11/h12-13,20,22,24,26,28,30,32-34H,14-19,21,23,25,27,29,31,35-40H2,1-11H3/b42-22+,43-24+,44-26+,45-28+,46-30+,47-34+. The van der Waals surface area contributed by atoms with Gasteiger partial charge in [-0.3, -0.25) is 4.79 Å². The molecule has 2 aromatic carbocycles. The van der Waals surface area contributed by atoms with Gasteiger partial charge in [-0.25, -0.2) is 4.79 Å². The number of methoxy groups -OCH3 is 1. The lowest BCUT2D eigenvalue weighted by atomic mass is 9.95. The molecule has 0 atom stereocenters. The number of benzene rings is 2. The van der Waals surface area contributed by atoms with Gasteiger partial charge in [-0.1, -0.05) is 106 Å². The molecular weight excluding hydrogens is 773 g/mol. The highest BCUT2D eigenvalue weighted by molar-refractivity contribution is 5.98. The maximum atomic E-state index is 13.0. The molecule has 0 amide bonds. The first-order chi connectivity index (χ1) is 29.7. The van der Waals surface area contributed by atoms with Crippen molar-refractivity contribution < 1.29 is 33.3 Å². The first kappa shape index (κ1) is 53.8. The summed E-state index contributed by atoms with van der Waals surface area (Å²) in [5, 5.41) is 1.41. The molecule has 0 aliphatic heterocycles. The van der Waals surface area contributed by atoms with E-state index in [1.807, 2.05) is 31.2 Å². The summed E-state index contributed by atoms with van der Waals surface area (Å²) >= 11 is 0. The average Bonchev–Trinajstić information content (AvgIpc) is 3.21. The van der Waals surface area contributed by atoms with Gasteiger partial charge in [0.15, 0.2) is 0 Å². The molecule has 7 nitrogen and oxygen atoms in total. The molecule has 2 rings (SSSR count). The van der Waals surface area contributed by atoms with E-state index in [1.165, 1.54) is 52.4 Å². The Labute approximate surface area is 376 Å². The van der Waals surface area contributed by atoms with Gasteiger partial charge < -0.3 is 23.7 Å². The number of ether oxygens (including phenoxy) is 5. The van der Waals surface area contributed by atoms with Crippen molar-refractivity contribution in [3.05, 3.63) is 117 Å². The Bertz CT molecular complexity index is 1910. The smallest absolute Gasteiger partial charge is 0.337 e. The molecule has 2 aromatic rings. The van der Waals surface area contributed by atoms with Crippen LogP contribution in [0.25, 0.3) is 10.8 Å². The summed E-state index contributed by atoms with van der Waals surface area (Å²) in [5.41, 5.74) is 11.6. The fraction of sp³-hybridized carbons (Fsp3) is 0.527. The van der Waals surface area contributed by atoms with E-state index >= 15 is 0 Å². The number of hydrogen-bond acceptors (Lipinski definition) is 7. The molecule has 0 spiro atoms. The molecule has 0 saturated heterocycles. The SMILES string of the molecule is COCCOCCOCC(=O)Oc1c(C/C=C(\C)CC/C=C(\C)CC/C=C(\C)CC/C=C(\C)CC/C=C(\C)CC/C=C(\C)CCC=C(C)C)c(C)c(OC(C)=O)c2ccccc12. The van der Waals surface area contributed by atoms with Crippen LogP contribution in [0.2, 0.25) is 0 Å². The average molecular weight is 853 g/mol. The number of carbonyl (C=O) groups is 2. The van der Waals surface area contributed by atoms with E-state index in [-0.39, 0.29) is 13.2 Å². The van der Waals surface area contributed by atoms with Crippen molar-refractivity contribution in [1.82, 2.24) is 0 Å². The lowest BCUT2D eigenvalue weighted by Gasteiger charge is -2.19. The zero-order valence-electron chi connectivity index (χ0n) is 40.4. The van der Waals surface area contributed by atoms with E-state index < -0.39 is 11.9 Å². The lowest BCUT2D eigenvalue weighted by Crippen LogP contribution is -2.19. The van der Waals surface area contributed by atoms with Crippen LogP contribution in [-0.2, 0) is 30.2 Å². The van der Waals surface area contributed by atoms with E-state index in [2.05, 4.69) is 97.9 Å². The quantitative estimate of drug-likeness (QED) is 0.0335. The van der Waals surface area contributed by atoms with Crippen LogP contribution in [0, 0.1) is 6.92 Å². The molecule has 0 aromatic heterocycles. The molecule has 62 heavy (non-hydrogen) atoms. The molecule has 0 fully saturated rings. The van der Waals surface area contributed by atoms with E-state index in [9.17, 15) is 9.59 Å². The summed E-state index contributed by atoms with van der Waals surface area (Å²) < 4.78 is 27.7. The van der Waals surface area contributed by atoms with Crippen LogP contribution < -0.4 is 9.47 Å². The van der Waals surface area contributed by atoms with Crippen molar-refractivity contribution in [2.75, 3.05) is 40.1 Å². The van der Waals surface area contributed by atoms with Gasteiger partial charge in [0.05, 0.1) is 26.4 Å². The number of carbonyl (C=O) groups excluding carboxylic acids is 2. The summed E-state index contributed by atoms with van der Waals surface area (Å²) in [4.78, 5) is 25.2. The van der Waals surface area contributed by atoms with E-state index in [1.54, 1.807) is 7.11 Å². The number of allylic oxidation sites excluding steroid dienone is 14. The molecule has 0 saturated carbocycles. The van der Waals surface area contributed by atoms with Gasteiger partial charge in [0.1, 0.15) is 18.1 Å². The molecule has 0 unspecified atom stereocenters.